The van der Waals surface area contributed by atoms with Crippen molar-refractivity contribution in [1.29, 1.82) is 5.26 Å². The summed E-state index contributed by atoms with van der Waals surface area (Å²) in [6.07, 6.45) is 3.61. The van der Waals surface area contributed by atoms with E-state index in [2.05, 4.69) is 26.1 Å². The third-order valence-electron chi connectivity index (χ3n) is 11.7. The molecular weight excluding hydrogens is 722 g/mol. The number of imide groups is 2. The second-order valence-electron chi connectivity index (χ2n) is 14.8. The first-order valence-corrected chi connectivity index (χ1v) is 19.4. The average Bonchev–Trinajstić information content (AvgIpc) is 3.46. The summed E-state index contributed by atoms with van der Waals surface area (Å²) in [5.41, 5.74) is 3.69. The van der Waals surface area contributed by atoms with E-state index in [-0.39, 0.29) is 24.9 Å². The highest BCUT2D eigenvalue weighted by Crippen LogP contribution is 2.33. The quantitative estimate of drug-likeness (QED) is 0.350. The Balaban J connectivity index is 0.788. The number of ether oxygens (including phenoxy) is 1. The lowest BCUT2D eigenvalue weighted by atomic mass is 10.0. The molecule has 1 atom stereocenters. The normalized spacial score (nSPS) is 21.4. The average molecular weight is 764 g/mol. The fourth-order valence-corrected chi connectivity index (χ4v) is 8.73. The van der Waals surface area contributed by atoms with Gasteiger partial charge in [0.1, 0.15) is 24.0 Å². The smallest absolute Gasteiger partial charge is 0.262 e. The van der Waals surface area contributed by atoms with E-state index in [4.69, 9.17) is 21.6 Å². The van der Waals surface area contributed by atoms with Crippen molar-refractivity contribution in [3.05, 3.63) is 87.9 Å². The fourth-order valence-electron chi connectivity index (χ4n) is 8.52. The van der Waals surface area contributed by atoms with Crippen molar-refractivity contribution in [3.63, 3.8) is 0 Å². The van der Waals surface area contributed by atoms with Gasteiger partial charge in [0.2, 0.25) is 11.8 Å². The number of carbonyl (C=O) groups is 5. The van der Waals surface area contributed by atoms with E-state index in [0.29, 0.717) is 52.2 Å². The molecule has 3 aromatic rings. The largest absolute Gasteiger partial charge is 0.490 e. The molecule has 284 valence electrons. The zero-order chi connectivity index (χ0) is 38.2. The van der Waals surface area contributed by atoms with E-state index in [9.17, 15) is 24.0 Å². The van der Waals surface area contributed by atoms with Crippen LogP contribution in [0.25, 0.3) is 0 Å². The predicted molar refractivity (Wildman–Crippen MR) is 204 cm³/mol. The second-order valence-corrected chi connectivity index (χ2v) is 15.2. The van der Waals surface area contributed by atoms with Crippen LogP contribution >= 0.6 is 11.6 Å². The number of hydrogen-bond donors (Lipinski definition) is 1. The van der Waals surface area contributed by atoms with E-state index in [0.717, 1.165) is 81.2 Å². The van der Waals surface area contributed by atoms with Crippen LogP contribution in [0.5, 0.6) is 5.75 Å². The molecule has 0 spiro atoms. The monoisotopic (exact) mass is 763 g/mol. The Labute approximate surface area is 324 Å². The summed E-state index contributed by atoms with van der Waals surface area (Å²) in [5, 5.41) is 11.7. The Morgan fingerprint density at radius 1 is 0.745 bits per heavy atom. The van der Waals surface area contributed by atoms with Crippen LogP contribution in [0.1, 0.15) is 75.2 Å². The molecule has 0 radical (unpaired) electrons. The summed E-state index contributed by atoms with van der Waals surface area (Å²) >= 11 is 6.15. The Morgan fingerprint density at radius 2 is 1.42 bits per heavy atom. The Bertz CT molecular complexity index is 2060. The van der Waals surface area contributed by atoms with Gasteiger partial charge in [-0.05, 0) is 73.9 Å². The Morgan fingerprint density at radius 3 is 2.09 bits per heavy atom. The van der Waals surface area contributed by atoms with E-state index >= 15 is 0 Å². The highest BCUT2D eigenvalue weighted by molar-refractivity contribution is 6.31. The van der Waals surface area contributed by atoms with Crippen molar-refractivity contribution < 1.29 is 28.7 Å². The van der Waals surface area contributed by atoms with Gasteiger partial charge in [-0.2, -0.15) is 5.26 Å². The van der Waals surface area contributed by atoms with E-state index in [1.165, 1.54) is 0 Å². The number of hydrogen-bond acceptors (Lipinski definition) is 10. The molecule has 8 rings (SSSR count). The number of nitrogens with zero attached hydrogens (tertiary/aromatic N) is 6. The first-order valence-electron chi connectivity index (χ1n) is 19.0. The van der Waals surface area contributed by atoms with Gasteiger partial charge in [0.25, 0.3) is 17.7 Å². The van der Waals surface area contributed by atoms with Gasteiger partial charge in [-0.15, -0.1) is 0 Å². The molecule has 5 amide bonds. The number of halogens is 1. The van der Waals surface area contributed by atoms with E-state index < -0.39 is 29.7 Å². The van der Waals surface area contributed by atoms with Gasteiger partial charge in [0.15, 0.2) is 0 Å². The number of amides is 5. The summed E-state index contributed by atoms with van der Waals surface area (Å²) in [7, 11) is 0. The van der Waals surface area contributed by atoms with Crippen molar-refractivity contribution in [2.75, 3.05) is 62.2 Å². The summed E-state index contributed by atoms with van der Waals surface area (Å²) in [6.45, 7) is 6.56. The standard InChI is InChI=1S/C41H42ClN7O6/c42-35-24-32(7-3-27(35)25-43)55-31-13-17-48(18-14-31)39(52)26-1-4-28(5-2-26)46-19-21-47(22-20-46)29-11-15-45(16-12-29)30-6-8-33-34(23-30)41(54)49(40(33)53)36-9-10-37(50)44-38(36)51/h1-8,23-24,29,31,36H,9-22H2,(H,44,50,51). The lowest BCUT2D eigenvalue weighted by Crippen LogP contribution is -2.54. The fraction of sp³-hybridized carbons (Fsp3) is 0.415. The number of likely N-dealkylation sites (tertiary alicyclic amines) is 1. The van der Waals surface area contributed by atoms with Crippen LogP contribution in [-0.2, 0) is 9.59 Å². The maximum Gasteiger partial charge on any atom is 0.262 e. The number of nitrogens with one attached hydrogen (secondary N) is 1. The van der Waals surface area contributed by atoms with Gasteiger partial charge in [-0.25, -0.2) is 0 Å². The summed E-state index contributed by atoms with van der Waals surface area (Å²) in [4.78, 5) is 73.9. The maximum atomic E-state index is 13.3. The molecule has 5 aliphatic heterocycles. The van der Waals surface area contributed by atoms with Crippen LogP contribution in [0.4, 0.5) is 11.4 Å². The van der Waals surface area contributed by atoms with E-state index in [1.54, 1.807) is 30.3 Å². The first-order chi connectivity index (χ1) is 26.7. The zero-order valence-corrected chi connectivity index (χ0v) is 31.2. The molecule has 5 heterocycles. The SMILES string of the molecule is N#Cc1ccc(OC2CCN(C(=O)c3ccc(N4CCN(C5CCN(c6ccc7c(c6)C(=O)N(C6CCC(=O)NC6=O)C7=O)CC5)CC4)cc3)CC2)cc1Cl. The molecule has 1 N–H and O–H groups in total. The number of carbonyl (C=O) groups excluding carboxylic acids is 5. The minimum Gasteiger partial charge on any atom is -0.490 e. The van der Waals surface area contributed by atoms with Crippen LogP contribution in [0.2, 0.25) is 5.02 Å². The highest BCUT2D eigenvalue weighted by atomic mass is 35.5. The van der Waals surface area contributed by atoms with Gasteiger partial charge >= 0.3 is 0 Å². The van der Waals surface area contributed by atoms with Gasteiger partial charge in [0, 0.05) is 101 Å². The third-order valence-corrected chi connectivity index (χ3v) is 12.0. The summed E-state index contributed by atoms with van der Waals surface area (Å²) in [6, 6.07) is 19.9. The number of rotatable bonds is 7. The van der Waals surface area contributed by atoms with E-state index in [1.807, 2.05) is 35.2 Å². The molecule has 1 unspecified atom stereocenters. The topological polar surface area (TPSA) is 147 Å². The number of anilines is 2. The Kier molecular flexibility index (Phi) is 10.2. The van der Waals surface area contributed by atoms with Gasteiger partial charge < -0.3 is 19.4 Å². The lowest BCUT2D eigenvalue weighted by Gasteiger charge is -2.44. The second kappa shape index (κ2) is 15.4. The molecule has 14 heteroatoms. The zero-order valence-electron chi connectivity index (χ0n) is 30.4. The van der Waals surface area contributed by atoms with Gasteiger partial charge in [-0.1, -0.05) is 11.6 Å². The summed E-state index contributed by atoms with van der Waals surface area (Å²) < 4.78 is 6.08. The number of nitriles is 1. The lowest BCUT2D eigenvalue weighted by molar-refractivity contribution is -0.136. The first kappa shape index (κ1) is 36.5. The Hall–Kier alpha value is -5.45. The molecule has 13 nitrogen and oxygen atoms in total. The molecule has 0 bridgehead atoms. The number of piperidine rings is 3. The minimum absolute atomic E-state index is 0.0204. The molecule has 0 saturated carbocycles. The van der Waals surface area contributed by atoms with Crippen LogP contribution in [0, 0.1) is 11.3 Å². The molecule has 3 aromatic carbocycles. The molecular formula is C41H42ClN7O6. The van der Waals surface area contributed by atoms with Gasteiger partial charge in [-0.3, -0.25) is 39.1 Å². The van der Waals surface area contributed by atoms with Crippen molar-refractivity contribution >= 4 is 52.5 Å². The molecule has 0 aromatic heterocycles. The van der Waals surface area contributed by atoms with Crippen molar-refractivity contribution in [2.45, 2.75) is 56.7 Å². The van der Waals surface area contributed by atoms with Crippen molar-refractivity contribution in [3.8, 4) is 11.8 Å². The predicted octanol–water partition coefficient (Wildman–Crippen LogP) is 4.09. The number of piperazine rings is 1. The van der Waals surface area contributed by atoms with Crippen molar-refractivity contribution in [2.24, 2.45) is 0 Å². The minimum atomic E-state index is -0.974. The maximum absolute atomic E-state index is 13.3. The molecule has 5 aliphatic rings. The highest BCUT2D eigenvalue weighted by Gasteiger charge is 2.45. The number of benzene rings is 3. The van der Waals surface area contributed by atoms with Crippen molar-refractivity contribution in [1.82, 2.24) is 20.0 Å². The number of fused-ring (bicyclic) bond motifs is 1. The van der Waals surface area contributed by atoms with Gasteiger partial charge in [0.05, 0.1) is 21.7 Å². The van der Waals surface area contributed by atoms with Crippen LogP contribution in [-0.4, -0.2) is 115 Å². The molecule has 55 heavy (non-hydrogen) atoms. The molecule has 0 aliphatic carbocycles. The summed E-state index contributed by atoms with van der Waals surface area (Å²) in [5.74, 6) is -1.32. The van der Waals surface area contributed by atoms with Crippen LogP contribution < -0.4 is 19.9 Å². The molecule has 4 fully saturated rings. The third kappa shape index (κ3) is 7.36. The van der Waals surface area contributed by atoms with Crippen LogP contribution in [0.15, 0.2) is 60.7 Å². The van der Waals surface area contributed by atoms with Crippen LogP contribution in [0.3, 0.4) is 0 Å². The molecule has 4 saturated heterocycles.